The number of hydrogen-bond acceptors (Lipinski definition) is 5. The molecular formula is C19H24N6O2. The van der Waals surface area contributed by atoms with Crippen LogP contribution in [0.25, 0.3) is 16.7 Å². The van der Waals surface area contributed by atoms with Gasteiger partial charge in [0.15, 0.2) is 5.65 Å². The van der Waals surface area contributed by atoms with Crippen molar-refractivity contribution in [2.75, 3.05) is 27.2 Å². The maximum atomic E-state index is 12.3. The van der Waals surface area contributed by atoms with E-state index in [-0.39, 0.29) is 17.9 Å². The molecule has 0 bridgehead atoms. The number of aromatic amines is 1. The van der Waals surface area contributed by atoms with Crippen molar-refractivity contribution in [3.8, 4) is 5.69 Å². The first-order chi connectivity index (χ1) is 13.0. The Kier molecular flexibility index (Phi) is 5.97. The summed E-state index contributed by atoms with van der Waals surface area (Å²) in [5.41, 5.74) is 1.07. The van der Waals surface area contributed by atoms with Gasteiger partial charge in [0.1, 0.15) is 11.2 Å². The number of amides is 1. The average molecular weight is 368 g/mol. The number of rotatable bonds is 8. The van der Waals surface area contributed by atoms with E-state index in [0.29, 0.717) is 29.8 Å². The van der Waals surface area contributed by atoms with Gasteiger partial charge in [-0.25, -0.2) is 9.67 Å². The summed E-state index contributed by atoms with van der Waals surface area (Å²) in [5.74, 6) is 0.432. The molecule has 0 saturated heterocycles. The molecule has 0 aliphatic rings. The summed E-state index contributed by atoms with van der Waals surface area (Å²) in [6.45, 7) is 1.57. The van der Waals surface area contributed by atoms with Crippen molar-refractivity contribution in [2.45, 2.75) is 19.3 Å². The van der Waals surface area contributed by atoms with Crippen molar-refractivity contribution in [3.05, 3.63) is 52.7 Å². The predicted octanol–water partition coefficient (Wildman–Crippen LogP) is 1.11. The van der Waals surface area contributed by atoms with Crippen LogP contribution in [0.4, 0.5) is 0 Å². The molecule has 3 aromatic rings. The Bertz CT molecular complexity index is 961. The Labute approximate surface area is 157 Å². The van der Waals surface area contributed by atoms with Crippen LogP contribution in [0.3, 0.4) is 0 Å². The molecule has 27 heavy (non-hydrogen) atoms. The number of carbonyl (C=O) groups excluding carboxylic acids is 1. The van der Waals surface area contributed by atoms with E-state index >= 15 is 0 Å². The van der Waals surface area contributed by atoms with Crippen LogP contribution < -0.4 is 10.9 Å². The zero-order chi connectivity index (χ0) is 19.2. The average Bonchev–Trinajstić information content (AvgIpc) is 3.09. The van der Waals surface area contributed by atoms with Gasteiger partial charge in [-0.15, -0.1) is 0 Å². The van der Waals surface area contributed by atoms with Crippen LogP contribution in [0.2, 0.25) is 0 Å². The SMILES string of the molecule is CN(C)CCCNC(=O)CCc1nc2c(cnn2-c2ccccc2)c(=O)[nH]1. The van der Waals surface area contributed by atoms with Crippen LogP contribution in [0.1, 0.15) is 18.7 Å². The van der Waals surface area contributed by atoms with Crippen LogP contribution >= 0.6 is 0 Å². The van der Waals surface area contributed by atoms with Gasteiger partial charge in [0.25, 0.3) is 5.56 Å². The van der Waals surface area contributed by atoms with Crippen LogP contribution in [-0.2, 0) is 11.2 Å². The number of para-hydroxylation sites is 1. The summed E-state index contributed by atoms with van der Waals surface area (Å²) < 4.78 is 1.63. The number of fused-ring (bicyclic) bond motifs is 1. The Morgan fingerprint density at radius 1 is 1.26 bits per heavy atom. The summed E-state index contributed by atoms with van der Waals surface area (Å²) in [7, 11) is 4.00. The quantitative estimate of drug-likeness (QED) is 0.581. The first-order valence-corrected chi connectivity index (χ1v) is 8.98. The monoisotopic (exact) mass is 368 g/mol. The van der Waals surface area contributed by atoms with E-state index in [1.165, 1.54) is 6.20 Å². The molecule has 8 nitrogen and oxygen atoms in total. The number of aromatic nitrogens is 4. The van der Waals surface area contributed by atoms with Crippen molar-refractivity contribution in [2.24, 2.45) is 0 Å². The maximum Gasteiger partial charge on any atom is 0.262 e. The summed E-state index contributed by atoms with van der Waals surface area (Å²) in [5, 5.41) is 7.59. The Balaban J connectivity index is 1.69. The molecule has 0 aliphatic carbocycles. The van der Waals surface area contributed by atoms with Gasteiger partial charge >= 0.3 is 0 Å². The molecule has 0 saturated carbocycles. The van der Waals surface area contributed by atoms with E-state index in [9.17, 15) is 9.59 Å². The highest BCUT2D eigenvalue weighted by Gasteiger charge is 2.12. The highest BCUT2D eigenvalue weighted by molar-refractivity contribution is 5.77. The molecule has 8 heteroatoms. The fourth-order valence-corrected chi connectivity index (χ4v) is 2.78. The highest BCUT2D eigenvalue weighted by Crippen LogP contribution is 2.13. The second-order valence-electron chi connectivity index (χ2n) is 6.65. The van der Waals surface area contributed by atoms with E-state index in [2.05, 4.69) is 25.3 Å². The molecule has 0 radical (unpaired) electrons. The summed E-state index contributed by atoms with van der Waals surface area (Å²) in [6.07, 6.45) is 3.05. The first kappa shape index (κ1) is 18.8. The normalized spacial score (nSPS) is 11.2. The number of carbonyl (C=O) groups is 1. The number of nitrogens with zero attached hydrogens (tertiary/aromatic N) is 4. The molecular weight excluding hydrogens is 344 g/mol. The van der Waals surface area contributed by atoms with Gasteiger partial charge in [0.05, 0.1) is 11.9 Å². The lowest BCUT2D eigenvalue weighted by Crippen LogP contribution is -2.27. The molecule has 0 spiro atoms. The number of hydrogen-bond donors (Lipinski definition) is 2. The molecule has 3 rings (SSSR count). The van der Waals surface area contributed by atoms with Crippen molar-refractivity contribution in [1.29, 1.82) is 0 Å². The molecule has 0 fully saturated rings. The Hall–Kier alpha value is -3.00. The third-order valence-corrected chi connectivity index (χ3v) is 4.18. The first-order valence-electron chi connectivity index (χ1n) is 8.98. The molecule has 0 aliphatic heterocycles. The highest BCUT2D eigenvalue weighted by atomic mass is 16.1. The lowest BCUT2D eigenvalue weighted by molar-refractivity contribution is -0.121. The van der Waals surface area contributed by atoms with Gasteiger partial charge in [-0.05, 0) is 39.2 Å². The minimum absolute atomic E-state index is 0.0481. The minimum Gasteiger partial charge on any atom is -0.356 e. The zero-order valence-corrected chi connectivity index (χ0v) is 15.6. The van der Waals surface area contributed by atoms with Gasteiger partial charge in [-0.2, -0.15) is 5.10 Å². The minimum atomic E-state index is -0.247. The summed E-state index contributed by atoms with van der Waals surface area (Å²) >= 11 is 0. The molecule has 0 atom stereocenters. The number of nitrogens with one attached hydrogen (secondary N) is 2. The van der Waals surface area contributed by atoms with Crippen LogP contribution in [0.15, 0.2) is 41.3 Å². The lowest BCUT2D eigenvalue weighted by Gasteiger charge is -2.09. The number of H-pyrrole nitrogens is 1. The van der Waals surface area contributed by atoms with Crippen LogP contribution in [0, 0.1) is 0 Å². The molecule has 2 N–H and O–H groups in total. The third kappa shape index (κ3) is 4.79. The van der Waals surface area contributed by atoms with Gasteiger partial charge in [-0.1, -0.05) is 18.2 Å². The summed E-state index contributed by atoms with van der Waals surface area (Å²) in [6, 6.07) is 9.51. The van der Waals surface area contributed by atoms with E-state index in [1.54, 1.807) is 4.68 Å². The van der Waals surface area contributed by atoms with E-state index < -0.39 is 0 Å². The van der Waals surface area contributed by atoms with Gasteiger partial charge < -0.3 is 15.2 Å². The largest absolute Gasteiger partial charge is 0.356 e. The third-order valence-electron chi connectivity index (χ3n) is 4.18. The molecule has 0 unspecified atom stereocenters. The van der Waals surface area contributed by atoms with Gasteiger partial charge in [0.2, 0.25) is 5.91 Å². The smallest absolute Gasteiger partial charge is 0.262 e. The Morgan fingerprint density at radius 2 is 2.04 bits per heavy atom. The molecule has 1 amide bonds. The predicted molar refractivity (Wildman–Crippen MR) is 104 cm³/mol. The van der Waals surface area contributed by atoms with Crippen molar-refractivity contribution < 1.29 is 4.79 Å². The van der Waals surface area contributed by atoms with Crippen LogP contribution in [0.5, 0.6) is 0 Å². The van der Waals surface area contributed by atoms with E-state index in [0.717, 1.165) is 18.7 Å². The lowest BCUT2D eigenvalue weighted by atomic mass is 10.2. The van der Waals surface area contributed by atoms with Crippen molar-refractivity contribution >= 4 is 16.9 Å². The van der Waals surface area contributed by atoms with E-state index in [4.69, 9.17) is 0 Å². The fraction of sp³-hybridized carbons (Fsp3) is 0.368. The fourth-order valence-electron chi connectivity index (χ4n) is 2.78. The molecule has 142 valence electrons. The van der Waals surface area contributed by atoms with Gasteiger partial charge in [-0.3, -0.25) is 9.59 Å². The molecule has 2 heterocycles. The van der Waals surface area contributed by atoms with Crippen LogP contribution in [-0.4, -0.2) is 57.7 Å². The molecule has 2 aromatic heterocycles. The van der Waals surface area contributed by atoms with E-state index in [1.807, 2.05) is 44.4 Å². The van der Waals surface area contributed by atoms with Crippen molar-refractivity contribution in [1.82, 2.24) is 30.0 Å². The number of aryl methyl sites for hydroxylation is 1. The van der Waals surface area contributed by atoms with Crippen molar-refractivity contribution in [3.63, 3.8) is 0 Å². The second-order valence-corrected chi connectivity index (χ2v) is 6.65. The molecule has 1 aromatic carbocycles. The Morgan fingerprint density at radius 3 is 2.78 bits per heavy atom. The zero-order valence-electron chi connectivity index (χ0n) is 15.6. The summed E-state index contributed by atoms with van der Waals surface area (Å²) in [4.78, 5) is 33.6. The topological polar surface area (TPSA) is 95.9 Å². The van der Waals surface area contributed by atoms with Gasteiger partial charge in [0, 0.05) is 19.4 Å². The second kappa shape index (κ2) is 8.59. The standard InChI is InChI=1S/C19H24N6O2/c1-24(2)12-6-11-20-17(26)10-9-16-22-18-15(19(27)23-16)13-21-25(18)14-7-4-3-5-8-14/h3-5,7-8,13H,6,9-12H2,1-2H3,(H,20,26)(H,22,23,27). The number of benzene rings is 1. The maximum absolute atomic E-state index is 12.3.